The van der Waals surface area contributed by atoms with Crippen LogP contribution in [0, 0.1) is 0 Å². The van der Waals surface area contributed by atoms with Gasteiger partial charge in [0.25, 0.3) is 0 Å². The normalized spacial score (nSPS) is 17.0. The molecule has 0 radical (unpaired) electrons. The smallest absolute Gasteiger partial charge is 0.241 e. The van der Waals surface area contributed by atoms with Crippen LogP contribution in [0.5, 0.6) is 0 Å². The lowest BCUT2D eigenvalue weighted by atomic mass is 9.96. The molecule has 0 aliphatic carbocycles. The minimum absolute atomic E-state index is 0.0425. The summed E-state index contributed by atoms with van der Waals surface area (Å²) >= 11 is 24.5. The first-order valence-electron chi connectivity index (χ1n) is 9.53. The molecule has 3 aromatic carbocycles. The van der Waals surface area contributed by atoms with Gasteiger partial charge in [0, 0.05) is 26.5 Å². The van der Waals surface area contributed by atoms with Crippen molar-refractivity contribution in [2.45, 2.75) is 23.4 Å². The van der Waals surface area contributed by atoms with Gasteiger partial charge in [0.15, 0.2) is 0 Å². The zero-order chi connectivity index (χ0) is 22.9. The Balaban J connectivity index is 1.68. The Labute approximate surface area is 206 Å². The monoisotopic (exact) mass is 527 g/mol. The van der Waals surface area contributed by atoms with Crippen LogP contribution in [0.15, 0.2) is 76.7 Å². The SMILES string of the molecule is O=S(=O)(NC(C1=NNC(c2ccc(Cl)cc2)C1)c1ccc(Cl)cc1Cl)c1cccc(Cl)c1. The minimum Gasteiger partial charge on any atom is -0.302 e. The highest BCUT2D eigenvalue weighted by molar-refractivity contribution is 7.89. The average molecular weight is 529 g/mol. The molecule has 166 valence electrons. The van der Waals surface area contributed by atoms with Gasteiger partial charge in [-0.2, -0.15) is 9.82 Å². The van der Waals surface area contributed by atoms with E-state index in [9.17, 15) is 8.42 Å². The largest absolute Gasteiger partial charge is 0.302 e. The molecular formula is C22H17Cl4N3O2S. The van der Waals surface area contributed by atoms with Crippen LogP contribution in [-0.4, -0.2) is 14.1 Å². The van der Waals surface area contributed by atoms with E-state index in [2.05, 4.69) is 15.2 Å². The number of sulfonamides is 1. The quantitative estimate of drug-likeness (QED) is 0.388. The number of rotatable bonds is 6. The molecule has 10 heteroatoms. The number of nitrogens with zero attached hydrogens (tertiary/aromatic N) is 1. The Bertz CT molecular complexity index is 1280. The van der Waals surface area contributed by atoms with E-state index in [0.29, 0.717) is 37.8 Å². The summed E-state index contributed by atoms with van der Waals surface area (Å²) < 4.78 is 29.1. The van der Waals surface area contributed by atoms with Gasteiger partial charge in [-0.05, 0) is 53.6 Å². The topological polar surface area (TPSA) is 70.6 Å². The van der Waals surface area contributed by atoms with Crippen molar-refractivity contribution >= 4 is 62.1 Å². The van der Waals surface area contributed by atoms with Crippen LogP contribution >= 0.6 is 46.4 Å². The molecule has 32 heavy (non-hydrogen) atoms. The summed E-state index contributed by atoms with van der Waals surface area (Å²) in [4.78, 5) is 0.0425. The first kappa shape index (κ1) is 23.4. The van der Waals surface area contributed by atoms with Crippen molar-refractivity contribution < 1.29 is 8.42 Å². The minimum atomic E-state index is -3.93. The van der Waals surface area contributed by atoms with E-state index in [-0.39, 0.29) is 10.9 Å². The van der Waals surface area contributed by atoms with Gasteiger partial charge in [0.05, 0.1) is 22.7 Å². The number of hydrogen-bond donors (Lipinski definition) is 2. The lowest BCUT2D eigenvalue weighted by molar-refractivity contribution is 0.576. The number of hydrazone groups is 1. The summed E-state index contributed by atoms with van der Waals surface area (Å²) in [5.41, 5.74) is 5.18. The van der Waals surface area contributed by atoms with Gasteiger partial charge >= 0.3 is 0 Å². The Morgan fingerprint density at radius 3 is 2.28 bits per heavy atom. The summed E-state index contributed by atoms with van der Waals surface area (Å²) in [5, 5.41) is 6.16. The number of halogens is 4. The Morgan fingerprint density at radius 1 is 0.906 bits per heavy atom. The van der Waals surface area contributed by atoms with Crippen LogP contribution in [0.2, 0.25) is 20.1 Å². The Kier molecular flexibility index (Phi) is 7.00. The maximum absolute atomic E-state index is 13.2. The molecule has 0 amide bonds. The molecular weight excluding hydrogens is 512 g/mol. The van der Waals surface area contributed by atoms with Crippen molar-refractivity contribution in [1.29, 1.82) is 0 Å². The summed E-state index contributed by atoms with van der Waals surface area (Å²) in [7, 11) is -3.93. The van der Waals surface area contributed by atoms with Crippen LogP contribution < -0.4 is 10.1 Å². The average Bonchev–Trinajstić information content (AvgIpc) is 3.23. The molecule has 1 aliphatic rings. The summed E-state index contributed by atoms with van der Waals surface area (Å²) in [6.45, 7) is 0. The molecule has 0 spiro atoms. The molecule has 0 saturated heterocycles. The number of benzene rings is 3. The van der Waals surface area contributed by atoms with E-state index >= 15 is 0 Å². The first-order chi connectivity index (χ1) is 15.2. The second kappa shape index (κ2) is 9.59. The van der Waals surface area contributed by atoms with E-state index in [4.69, 9.17) is 46.4 Å². The van der Waals surface area contributed by atoms with E-state index in [1.54, 1.807) is 42.5 Å². The fourth-order valence-electron chi connectivity index (χ4n) is 3.44. The zero-order valence-electron chi connectivity index (χ0n) is 16.4. The molecule has 3 aromatic rings. The van der Waals surface area contributed by atoms with Crippen LogP contribution in [0.3, 0.4) is 0 Å². The second-order valence-corrected chi connectivity index (χ2v) is 10.6. The van der Waals surface area contributed by atoms with Crippen LogP contribution in [-0.2, 0) is 10.0 Å². The van der Waals surface area contributed by atoms with Crippen molar-refractivity contribution in [1.82, 2.24) is 10.1 Å². The highest BCUT2D eigenvalue weighted by Gasteiger charge is 2.32. The summed E-state index contributed by atoms with van der Waals surface area (Å²) in [6, 6.07) is 17.4. The maximum atomic E-state index is 13.2. The molecule has 2 atom stereocenters. The van der Waals surface area contributed by atoms with Gasteiger partial charge in [-0.15, -0.1) is 0 Å². The van der Waals surface area contributed by atoms with E-state index in [0.717, 1.165) is 5.56 Å². The van der Waals surface area contributed by atoms with Crippen molar-refractivity contribution in [3.63, 3.8) is 0 Å². The standard InChI is InChI=1S/C22H17Cl4N3O2S/c23-14-6-4-13(5-7-14)20-12-21(28-27-20)22(18-9-8-16(25)11-19(18)26)29-32(30,31)17-3-1-2-15(24)10-17/h1-11,20,22,27,29H,12H2. The van der Waals surface area contributed by atoms with Crippen molar-refractivity contribution in [3.05, 3.63) is 97.9 Å². The van der Waals surface area contributed by atoms with E-state index in [1.807, 2.05) is 12.1 Å². The molecule has 5 nitrogen and oxygen atoms in total. The predicted molar refractivity (Wildman–Crippen MR) is 130 cm³/mol. The molecule has 0 aromatic heterocycles. The van der Waals surface area contributed by atoms with Gasteiger partial charge < -0.3 is 5.43 Å². The lowest BCUT2D eigenvalue weighted by Crippen LogP contribution is -2.33. The van der Waals surface area contributed by atoms with Crippen LogP contribution in [0.25, 0.3) is 0 Å². The van der Waals surface area contributed by atoms with Crippen molar-refractivity contribution in [2.24, 2.45) is 5.10 Å². The van der Waals surface area contributed by atoms with Gasteiger partial charge in [-0.1, -0.05) is 70.7 Å². The van der Waals surface area contributed by atoms with Crippen molar-refractivity contribution in [2.75, 3.05) is 0 Å². The van der Waals surface area contributed by atoms with E-state index < -0.39 is 16.1 Å². The van der Waals surface area contributed by atoms with E-state index in [1.165, 1.54) is 12.1 Å². The fraction of sp³-hybridized carbons (Fsp3) is 0.136. The molecule has 0 fully saturated rings. The highest BCUT2D eigenvalue weighted by Crippen LogP contribution is 2.33. The van der Waals surface area contributed by atoms with Crippen LogP contribution in [0.4, 0.5) is 0 Å². The van der Waals surface area contributed by atoms with Gasteiger partial charge in [0.2, 0.25) is 10.0 Å². The maximum Gasteiger partial charge on any atom is 0.241 e. The fourth-order valence-corrected chi connectivity index (χ4v) is 5.58. The third kappa shape index (κ3) is 5.22. The van der Waals surface area contributed by atoms with Gasteiger partial charge in [0.1, 0.15) is 0 Å². The highest BCUT2D eigenvalue weighted by atomic mass is 35.5. The molecule has 2 unspecified atom stereocenters. The first-order valence-corrected chi connectivity index (χ1v) is 12.5. The molecule has 1 aliphatic heterocycles. The molecule has 2 N–H and O–H groups in total. The molecule has 4 rings (SSSR count). The third-order valence-electron chi connectivity index (χ3n) is 5.04. The number of nitrogens with one attached hydrogen (secondary N) is 2. The van der Waals surface area contributed by atoms with Gasteiger partial charge in [-0.25, -0.2) is 8.42 Å². The lowest BCUT2D eigenvalue weighted by Gasteiger charge is -2.21. The van der Waals surface area contributed by atoms with Crippen LogP contribution in [0.1, 0.15) is 29.6 Å². The zero-order valence-corrected chi connectivity index (χ0v) is 20.2. The number of hydrogen-bond acceptors (Lipinski definition) is 4. The molecule has 1 heterocycles. The van der Waals surface area contributed by atoms with Crippen molar-refractivity contribution in [3.8, 4) is 0 Å². The molecule has 0 saturated carbocycles. The summed E-state index contributed by atoms with van der Waals surface area (Å²) in [6.07, 6.45) is 0.462. The summed E-state index contributed by atoms with van der Waals surface area (Å²) in [5.74, 6) is 0. The van der Waals surface area contributed by atoms with Gasteiger partial charge in [-0.3, -0.25) is 0 Å². The molecule has 0 bridgehead atoms. The Hall–Kier alpha value is -1.80. The Morgan fingerprint density at radius 2 is 1.59 bits per heavy atom. The predicted octanol–water partition coefficient (Wildman–Crippen LogP) is 6.41. The third-order valence-corrected chi connectivity index (χ3v) is 7.51. The second-order valence-electron chi connectivity index (χ2n) is 7.22.